The molecule has 0 bridgehead atoms. The Morgan fingerprint density at radius 1 is 1.15 bits per heavy atom. The quantitative estimate of drug-likeness (QED) is 0.205. The molecule has 6 nitrogen and oxygen atoms in total. The van der Waals surface area contributed by atoms with Crippen LogP contribution in [-0.4, -0.2) is 47.4 Å². The second-order valence-corrected chi connectivity index (χ2v) is 18.2. The number of carbonyl (C=O) groups is 1. The number of rotatable bonds is 7. The Hall–Kier alpha value is -3.08. The standard InChI is InChI=1S/C32H43N3O3Si/c1-32(2,3)38-31(36)34-20-10-13-28(34)30-33-23-29(35(30)24-37-21-22-39(4,5)6)27-18-16-26(17-19-27)15-14-25-11-8-7-9-12-25/h7-8,11,16-19,23,28H,9-10,12-13,20-22,24H2,1-6H3. The number of carbonyl (C=O) groups excluding carboxylic acids is 1. The van der Waals surface area contributed by atoms with Gasteiger partial charge in [-0.2, -0.15) is 0 Å². The van der Waals surface area contributed by atoms with Crippen molar-refractivity contribution in [1.29, 1.82) is 0 Å². The molecular weight excluding hydrogens is 502 g/mol. The molecule has 0 N–H and O–H groups in total. The number of imidazole rings is 1. The first kappa shape index (κ1) is 28.9. The van der Waals surface area contributed by atoms with Crippen molar-refractivity contribution in [2.24, 2.45) is 0 Å². The van der Waals surface area contributed by atoms with Crippen molar-refractivity contribution in [2.45, 2.75) is 90.5 Å². The largest absolute Gasteiger partial charge is 0.444 e. The van der Waals surface area contributed by atoms with E-state index in [9.17, 15) is 4.79 Å². The molecule has 4 rings (SSSR count). The zero-order chi connectivity index (χ0) is 28.0. The summed E-state index contributed by atoms with van der Waals surface area (Å²) in [6.07, 6.45) is 11.8. The van der Waals surface area contributed by atoms with Gasteiger partial charge in [-0.15, -0.1) is 0 Å². The van der Waals surface area contributed by atoms with Gasteiger partial charge in [0.1, 0.15) is 18.2 Å². The average Bonchev–Trinajstić information content (AvgIpc) is 3.52. The number of hydrogen-bond donors (Lipinski definition) is 0. The first-order valence-corrected chi connectivity index (χ1v) is 17.8. The fourth-order valence-corrected chi connectivity index (χ4v) is 5.47. The van der Waals surface area contributed by atoms with Crippen molar-refractivity contribution in [3.8, 4) is 23.1 Å². The molecule has 39 heavy (non-hydrogen) atoms. The SMILES string of the molecule is CC(C)(C)OC(=O)N1CCCC1c1ncc(-c2ccc(C#CC3=CC=CCC3)cc2)n1COCC[Si](C)(C)C. The average molecular weight is 546 g/mol. The molecule has 0 spiro atoms. The van der Waals surface area contributed by atoms with Gasteiger partial charge in [0, 0.05) is 32.4 Å². The molecule has 2 heterocycles. The van der Waals surface area contributed by atoms with E-state index in [1.807, 2.05) is 31.9 Å². The van der Waals surface area contributed by atoms with Gasteiger partial charge in [0.25, 0.3) is 0 Å². The number of hydrogen-bond acceptors (Lipinski definition) is 4. The zero-order valence-corrected chi connectivity index (χ0v) is 25.4. The van der Waals surface area contributed by atoms with E-state index in [-0.39, 0.29) is 12.1 Å². The third kappa shape index (κ3) is 8.20. The van der Waals surface area contributed by atoms with Crippen molar-refractivity contribution in [1.82, 2.24) is 14.5 Å². The van der Waals surface area contributed by atoms with E-state index in [0.717, 1.165) is 54.4 Å². The van der Waals surface area contributed by atoms with Crippen LogP contribution < -0.4 is 0 Å². The first-order valence-electron chi connectivity index (χ1n) is 14.1. The lowest BCUT2D eigenvalue weighted by Gasteiger charge is -2.29. The van der Waals surface area contributed by atoms with Crippen molar-refractivity contribution in [2.75, 3.05) is 13.2 Å². The Labute approximate surface area is 235 Å². The van der Waals surface area contributed by atoms with E-state index in [0.29, 0.717) is 19.9 Å². The summed E-state index contributed by atoms with van der Waals surface area (Å²) in [5, 5.41) is 0. The number of aromatic nitrogens is 2. The maximum Gasteiger partial charge on any atom is 0.410 e. The lowest BCUT2D eigenvalue weighted by Crippen LogP contribution is -2.37. The number of nitrogens with zero attached hydrogens (tertiary/aromatic N) is 3. The molecule has 7 heteroatoms. The Kier molecular flexibility index (Phi) is 9.19. The van der Waals surface area contributed by atoms with Gasteiger partial charge in [0.15, 0.2) is 0 Å². The Balaban J connectivity index is 1.59. The van der Waals surface area contributed by atoms with Gasteiger partial charge < -0.3 is 14.0 Å². The third-order valence-electron chi connectivity index (χ3n) is 6.84. The summed E-state index contributed by atoms with van der Waals surface area (Å²) in [5.41, 5.74) is 3.65. The molecule has 2 aromatic rings. The van der Waals surface area contributed by atoms with Crippen LogP contribution in [0.4, 0.5) is 4.79 Å². The van der Waals surface area contributed by atoms with Crippen molar-refractivity contribution >= 4 is 14.2 Å². The van der Waals surface area contributed by atoms with Crippen molar-refractivity contribution in [3.63, 3.8) is 0 Å². The number of amides is 1. The minimum atomic E-state index is -1.21. The van der Waals surface area contributed by atoms with Crippen LogP contribution in [0, 0.1) is 11.8 Å². The van der Waals surface area contributed by atoms with Crippen molar-refractivity contribution in [3.05, 3.63) is 65.7 Å². The fourth-order valence-electron chi connectivity index (χ4n) is 4.71. The summed E-state index contributed by atoms with van der Waals surface area (Å²) < 4.78 is 14.1. The van der Waals surface area contributed by atoms with Crippen LogP contribution in [0.3, 0.4) is 0 Å². The number of likely N-dealkylation sites (tertiary alicyclic amines) is 1. The highest BCUT2D eigenvalue weighted by Crippen LogP contribution is 2.35. The van der Waals surface area contributed by atoms with Gasteiger partial charge in [0.2, 0.25) is 0 Å². The Morgan fingerprint density at radius 2 is 1.92 bits per heavy atom. The summed E-state index contributed by atoms with van der Waals surface area (Å²) in [4.78, 5) is 19.7. The van der Waals surface area contributed by atoms with Crippen LogP contribution in [0.5, 0.6) is 0 Å². The molecule has 1 aliphatic carbocycles. The molecule has 1 saturated heterocycles. The van der Waals surface area contributed by atoms with Gasteiger partial charge in [-0.05, 0) is 70.2 Å². The van der Waals surface area contributed by atoms with Crippen LogP contribution in [0.1, 0.15) is 63.9 Å². The normalized spacial score (nSPS) is 17.5. The summed E-state index contributed by atoms with van der Waals surface area (Å²) in [6.45, 7) is 14.5. The maximum atomic E-state index is 13.0. The van der Waals surface area contributed by atoms with E-state index in [4.69, 9.17) is 14.5 Å². The van der Waals surface area contributed by atoms with E-state index >= 15 is 0 Å². The fraction of sp³-hybridized carbons (Fsp3) is 0.500. The molecule has 1 aromatic carbocycles. The molecule has 1 aromatic heterocycles. The van der Waals surface area contributed by atoms with Gasteiger partial charge in [-0.3, -0.25) is 4.90 Å². The van der Waals surface area contributed by atoms with Crippen LogP contribution in [0.25, 0.3) is 11.3 Å². The van der Waals surface area contributed by atoms with Gasteiger partial charge >= 0.3 is 6.09 Å². The first-order chi connectivity index (χ1) is 18.5. The van der Waals surface area contributed by atoms with Gasteiger partial charge in [0.05, 0.1) is 17.9 Å². The highest BCUT2D eigenvalue weighted by molar-refractivity contribution is 6.76. The summed E-state index contributed by atoms with van der Waals surface area (Å²) in [6, 6.07) is 9.27. The van der Waals surface area contributed by atoms with Gasteiger partial charge in [-0.1, -0.05) is 61.8 Å². The Morgan fingerprint density at radius 3 is 2.59 bits per heavy atom. The minimum absolute atomic E-state index is 0.142. The third-order valence-corrected chi connectivity index (χ3v) is 8.55. The topological polar surface area (TPSA) is 56.6 Å². The van der Waals surface area contributed by atoms with E-state index in [2.05, 4.69) is 78.5 Å². The lowest BCUT2D eigenvalue weighted by atomic mass is 10.0. The minimum Gasteiger partial charge on any atom is -0.444 e. The van der Waals surface area contributed by atoms with Crippen LogP contribution >= 0.6 is 0 Å². The number of ether oxygens (including phenoxy) is 2. The van der Waals surface area contributed by atoms with Crippen LogP contribution in [0.15, 0.2) is 54.3 Å². The van der Waals surface area contributed by atoms with E-state index in [1.54, 1.807) is 0 Å². The monoisotopic (exact) mass is 545 g/mol. The molecule has 1 amide bonds. The molecule has 1 fully saturated rings. The number of allylic oxidation sites excluding steroid dienone is 4. The molecular formula is C32H43N3O3Si. The highest BCUT2D eigenvalue weighted by Gasteiger charge is 2.36. The Bertz CT molecular complexity index is 1270. The van der Waals surface area contributed by atoms with E-state index < -0.39 is 13.7 Å². The summed E-state index contributed by atoms with van der Waals surface area (Å²) >= 11 is 0. The van der Waals surface area contributed by atoms with Gasteiger partial charge in [-0.25, -0.2) is 9.78 Å². The second-order valence-electron chi connectivity index (χ2n) is 12.6. The highest BCUT2D eigenvalue weighted by atomic mass is 28.3. The molecule has 1 aliphatic heterocycles. The zero-order valence-electron chi connectivity index (χ0n) is 24.4. The summed E-state index contributed by atoms with van der Waals surface area (Å²) in [5.74, 6) is 7.45. The molecule has 0 radical (unpaired) electrons. The van der Waals surface area contributed by atoms with Crippen LogP contribution in [-0.2, 0) is 16.2 Å². The smallest absolute Gasteiger partial charge is 0.410 e. The predicted octanol–water partition coefficient (Wildman–Crippen LogP) is 7.56. The molecule has 208 valence electrons. The lowest BCUT2D eigenvalue weighted by molar-refractivity contribution is 0.0204. The second kappa shape index (κ2) is 12.4. The predicted molar refractivity (Wildman–Crippen MR) is 160 cm³/mol. The molecule has 1 unspecified atom stereocenters. The molecule has 0 saturated carbocycles. The summed E-state index contributed by atoms with van der Waals surface area (Å²) in [7, 11) is -1.21. The maximum absolute atomic E-state index is 13.0. The molecule has 1 atom stereocenters. The van der Waals surface area contributed by atoms with Crippen molar-refractivity contribution < 1.29 is 14.3 Å². The van der Waals surface area contributed by atoms with Crippen LogP contribution in [0.2, 0.25) is 25.7 Å². The number of benzene rings is 1. The van der Waals surface area contributed by atoms with E-state index in [1.165, 1.54) is 5.57 Å². The molecule has 2 aliphatic rings.